The van der Waals surface area contributed by atoms with Gasteiger partial charge in [0.15, 0.2) is 6.10 Å². The lowest BCUT2D eigenvalue weighted by Crippen LogP contribution is -2.37. The van der Waals surface area contributed by atoms with Crippen molar-refractivity contribution in [2.24, 2.45) is 0 Å². The first-order chi connectivity index (χ1) is 29.0. The molecule has 2 atom stereocenters. The van der Waals surface area contributed by atoms with Gasteiger partial charge < -0.3 is 27.9 Å². The van der Waals surface area contributed by atoms with Crippen LogP contribution in [-0.4, -0.2) is 70.0 Å². The van der Waals surface area contributed by atoms with E-state index < -0.39 is 26.5 Å². The minimum absolute atomic E-state index is 0.0272. The molecule has 2 unspecified atom stereocenters. The van der Waals surface area contributed by atoms with Gasteiger partial charge in [-0.15, -0.1) is 0 Å². The Morgan fingerprint density at radius 2 is 0.850 bits per heavy atom. The van der Waals surface area contributed by atoms with E-state index in [9.17, 15) is 19.0 Å². The predicted octanol–water partition coefficient (Wildman–Crippen LogP) is 14.3. The molecule has 0 saturated heterocycles. The van der Waals surface area contributed by atoms with Crippen LogP contribution in [0.5, 0.6) is 0 Å². The van der Waals surface area contributed by atoms with Gasteiger partial charge in [0.05, 0.1) is 27.7 Å². The number of ether oxygens (including phenoxy) is 2. The summed E-state index contributed by atoms with van der Waals surface area (Å²) in [6.07, 6.45) is 47.2. The largest absolute Gasteiger partial charge is 0.756 e. The molecule has 0 aromatic heterocycles. The third kappa shape index (κ3) is 46.3. The molecule has 0 aliphatic heterocycles. The molecular formula is C50H98NO8P. The maximum atomic E-state index is 12.7. The molecule has 0 heterocycles. The number of phosphoric ester groups is 1. The number of hydrogen-bond acceptors (Lipinski definition) is 8. The first-order valence-electron chi connectivity index (χ1n) is 25.4. The van der Waals surface area contributed by atoms with Crippen LogP contribution in [0, 0.1) is 0 Å². The Morgan fingerprint density at radius 3 is 1.23 bits per heavy atom. The quantitative estimate of drug-likeness (QED) is 0.0195. The average molecular weight is 872 g/mol. The van der Waals surface area contributed by atoms with Crippen LogP contribution >= 0.6 is 7.82 Å². The molecule has 0 bridgehead atoms. The maximum Gasteiger partial charge on any atom is 0.306 e. The van der Waals surface area contributed by atoms with Gasteiger partial charge in [0.25, 0.3) is 7.82 Å². The van der Waals surface area contributed by atoms with Crippen molar-refractivity contribution < 1.29 is 42.1 Å². The number of phosphoric acid groups is 1. The van der Waals surface area contributed by atoms with Gasteiger partial charge in [0, 0.05) is 12.8 Å². The van der Waals surface area contributed by atoms with E-state index in [2.05, 4.69) is 26.0 Å². The van der Waals surface area contributed by atoms with Crippen LogP contribution in [0.15, 0.2) is 12.2 Å². The Morgan fingerprint density at radius 1 is 0.500 bits per heavy atom. The minimum Gasteiger partial charge on any atom is -0.756 e. The van der Waals surface area contributed by atoms with Crippen molar-refractivity contribution in [2.45, 2.75) is 251 Å². The highest BCUT2D eigenvalue weighted by molar-refractivity contribution is 7.45. The van der Waals surface area contributed by atoms with E-state index in [1.807, 2.05) is 21.1 Å². The van der Waals surface area contributed by atoms with E-state index >= 15 is 0 Å². The van der Waals surface area contributed by atoms with Crippen molar-refractivity contribution in [3.63, 3.8) is 0 Å². The van der Waals surface area contributed by atoms with Gasteiger partial charge in [-0.1, -0.05) is 206 Å². The predicted molar refractivity (Wildman–Crippen MR) is 250 cm³/mol. The molecule has 10 heteroatoms. The number of carbonyl (C=O) groups excluding carboxylic acids is 2. The number of esters is 2. The summed E-state index contributed by atoms with van der Waals surface area (Å²) in [6.45, 7) is 4.21. The van der Waals surface area contributed by atoms with Gasteiger partial charge in [-0.05, 0) is 38.5 Å². The highest BCUT2D eigenvalue weighted by atomic mass is 31.2. The van der Waals surface area contributed by atoms with Crippen LogP contribution in [0.3, 0.4) is 0 Å². The highest BCUT2D eigenvalue weighted by Crippen LogP contribution is 2.38. The minimum atomic E-state index is -4.61. The molecule has 0 rings (SSSR count). The number of quaternary nitrogens is 1. The third-order valence-electron chi connectivity index (χ3n) is 11.3. The molecule has 0 aromatic rings. The van der Waals surface area contributed by atoms with Gasteiger partial charge >= 0.3 is 11.9 Å². The lowest BCUT2D eigenvalue weighted by atomic mass is 10.0. The smallest absolute Gasteiger partial charge is 0.306 e. The fourth-order valence-corrected chi connectivity index (χ4v) is 8.03. The number of carbonyl (C=O) groups is 2. The van der Waals surface area contributed by atoms with Crippen LogP contribution in [0.25, 0.3) is 0 Å². The molecule has 9 nitrogen and oxygen atoms in total. The number of nitrogens with zero attached hydrogens (tertiary/aromatic N) is 1. The zero-order valence-corrected chi connectivity index (χ0v) is 41.1. The summed E-state index contributed by atoms with van der Waals surface area (Å²) in [5.74, 6) is -0.829. The molecule has 0 fully saturated rings. The molecule has 0 aliphatic carbocycles. The number of hydrogen-bond donors (Lipinski definition) is 0. The van der Waals surface area contributed by atoms with Gasteiger partial charge in [0.2, 0.25) is 0 Å². The topological polar surface area (TPSA) is 111 Å². The monoisotopic (exact) mass is 872 g/mol. The SMILES string of the molecule is CCCCCCCCCC/C=C\CCCCCCCCCCCCCCCCCCCC(=O)OC(COC(=O)CCCCCCCCC)COP(=O)([O-])OCC[N+](C)(C)C. The van der Waals surface area contributed by atoms with Crippen LogP contribution < -0.4 is 4.89 Å². The molecule has 60 heavy (non-hydrogen) atoms. The van der Waals surface area contributed by atoms with E-state index in [-0.39, 0.29) is 32.0 Å². The summed E-state index contributed by atoms with van der Waals surface area (Å²) in [6, 6.07) is 0. The molecular weight excluding hydrogens is 774 g/mol. The number of unbranched alkanes of at least 4 members (excludes halogenated alkanes) is 31. The standard InChI is InChI=1S/C50H98NO8P/c1-6-8-10-12-14-15-16-17-18-19-20-21-22-23-24-25-26-27-28-29-30-31-32-33-34-35-37-39-41-43-50(53)59-48(47-58-60(54,55)57-45-44-51(3,4)5)46-56-49(52)42-40-38-36-13-11-9-7-2/h19-20,48H,6-18,21-47H2,1-5H3/b20-19-. The fraction of sp³-hybridized carbons (Fsp3) is 0.920. The Bertz CT molecular complexity index is 1030. The molecule has 0 radical (unpaired) electrons. The summed E-state index contributed by atoms with van der Waals surface area (Å²) in [5.41, 5.74) is 0. The second-order valence-electron chi connectivity index (χ2n) is 18.5. The van der Waals surface area contributed by atoms with E-state index in [0.29, 0.717) is 17.4 Å². The Labute approximate surface area is 371 Å². The van der Waals surface area contributed by atoms with Gasteiger partial charge in [-0.3, -0.25) is 14.2 Å². The van der Waals surface area contributed by atoms with E-state index in [4.69, 9.17) is 18.5 Å². The average Bonchev–Trinajstić information content (AvgIpc) is 3.20. The van der Waals surface area contributed by atoms with E-state index in [0.717, 1.165) is 32.1 Å². The van der Waals surface area contributed by atoms with Crippen molar-refractivity contribution >= 4 is 19.8 Å². The lowest BCUT2D eigenvalue weighted by molar-refractivity contribution is -0.870. The second kappa shape index (κ2) is 43.0. The van der Waals surface area contributed by atoms with Gasteiger partial charge in [0.1, 0.15) is 19.8 Å². The van der Waals surface area contributed by atoms with Crippen molar-refractivity contribution in [1.29, 1.82) is 0 Å². The zero-order valence-electron chi connectivity index (χ0n) is 40.2. The summed E-state index contributed by atoms with van der Waals surface area (Å²) in [7, 11) is 1.18. The van der Waals surface area contributed by atoms with Crippen LogP contribution in [-0.2, 0) is 32.7 Å². The Kier molecular flexibility index (Phi) is 42.1. The van der Waals surface area contributed by atoms with Crippen molar-refractivity contribution in [3.8, 4) is 0 Å². The van der Waals surface area contributed by atoms with Crippen molar-refractivity contribution in [2.75, 3.05) is 47.5 Å². The van der Waals surface area contributed by atoms with Crippen molar-refractivity contribution in [3.05, 3.63) is 12.2 Å². The molecule has 0 amide bonds. The summed E-state index contributed by atoms with van der Waals surface area (Å²) in [5, 5.41) is 0. The molecule has 0 spiro atoms. The summed E-state index contributed by atoms with van der Waals surface area (Å²) < 4.78 is 33.8. The molecule has 0 aliphatic rings. The Hall–Kier alpha value is -1.25. The van der Waals surface area contributed by atoms with E-state index in [1.165, 1.54) is 180 Å². The highest BCUT2D eigenvalue weighted by Gasteiger charge is 2.21. The number of allylic oxidation sites excluding steroid dienone is 2. The normalized spacial score (nSPS) is 13.5. The maximum absolute atomic E-state index is 12.7. The summed E-state index contributed by atoms with van der Waals surface area (Å²) >= 11 is 0. The molecule has 0 aromatic carbocycles. The first kappa shape index (κ1) is 58.8. The van der Waals surface area contributed by atoms with Crippen LogP contribution in [0.2, 0.25) is 0 Å². The van der Waals surface area contributed by atoms with Crippen molar-refractivity contribution in [1.82, 2.24) is 0 Å². The second-order valence-corrected chi connectivity index (χ2v) is 20.0. The number of likely N-dealkylation sites (N-methyl/N-ethyl adjacent to an activating group) is 1. The Balaban J connectivity index is 3.95. The molecule has 0 saturated carbocycles. The lowest BCUT2D eigenvalue weighted by Gasteiger charge is -2.28. The molecule has 356 valence electrons. The fourth-order valence-electron chi connectivity index (χ4n) is 7.30. The first-order valence-corrected chi connectivity index (χ1v) is 26.9. The summed E-state index contributed by atoms with van der Waals surface area (Å²) in [4.78, 5) is 37.4. The van der Waals surface area contributed by atoms with Crippen LogP contribution in [0.1, 0.15) is 245 Å². The van der Waals surface area contributed by atoms with Crippen LogP contribution in [0.4, 0.5) is 0 Å². The third-order valence-corrected chi connectivity index (χ3v) is 12.2. The molecule has 0 N–H and O–H groups in total. The van der Waals surface area contributed by atoms with Gasteiger partial charge in [-0.2, -0.15) is 0 Å². The van der Waals surface area contributed by atoms with E-state index in [1.54, 1.807) is 0 Å². The zero-order chi connectivity index (χ0) is 44.3. The van der Waals surface area contributed by atoms with Gasteiger partial charge in [-0.25, -0.2) is 0 Å². The number of rotatable bonds is 47.